The van der Waals surface area contributed by atoms with Gasteiger partial charge in [0.25, 0.3) is 0 Å². The minimum absolute atomic E-state index is 0.164. The zero-order valence-corrected chi connectivity index (χ0v) is 17.1. The van der Waals surface area contributed by atoms with Gasteiger partial charge in [-0.05, 0) is 57.8 Å². The molecule has 0 unspecified atom stereocenters. The van der Waals surface area contributed by atoms with Gasteiger partial charge in [-0.1, -0.05) is 12.1 Å². The summed E-state index contributed by atoms with van der Waals surface area (Å²) >= 11 is 0. The van der Waals surface area contributed by atoms with E-state index >= 15 is 0 Å². The number of hydrogen-bond acceptors (Lipinski definition) is 5. The summed E-state index contributed by atoms with van der Waals surface area (Å²) in [4.78, 5) is 18.2. The van der Waals surface area contributed by atoms with Gasteiger partial charge in [0.2, 0.25) is 0 Å². The van der Waals surface area contributed by atoms with Gasteiger partial charge in [-0.3, -0.25) is 4.79 Å². The highest BCUT2D eigenvalue weighted by Crippen LogP contribution is 2.34. The molecular weight excluding hydrogens is 370 g/mol. The van der Waals surface area contributed by atoms with E-state index in [0.29, 0.717) is 30.5 Å². The normalized spacial score (nSPS) is 11.2. The number of carboxylic acid groups (broad SMARTS) is 1. The summed E-state index contributed by atoms with van der Waals surface area (Å²) in [5.74, 6) is 0.980. The molecule has 0 fully saturated rings. The standard InChI is InChI=1S/C22H27N3O4/c1-4-28-20-14-16(10-11-19(20)29-13-7-12-24(2)3)22-23-17-8-5-6-9-18(17)25(22)15-21(26)27/h5-6,8-11,14H,4,7,12-13,15H2,1-3H3,(H,26,27). The second kappa shape index (κ2) is 9.43. The van der Waals surface area contributed by atoms with Crippen LogP contribution in [0.2, 0.25) is 0 Å². The molecular formula is C22H27N3O4. The van der Waals surface area contributed by atoms with Gasteiger partial charge in [0.05, 0.1) is 24.2 Å². The van der Waals surface area contributed by atoms with Crippen molar-refractivity contribution in [1.82, 2.24) is 14.5 Å². The molecule has 0 saturated carbocycles. The predicted octanol–water partition coefficient (Wildman–Crippen LogP) is 3.52. The summed E-state index contributed by atoms with van der Waals surface area (Å²) < 4.78 is 13.4. The maximum Gasteiger partial charge on any atom is 0.323 e. The smallest absolute Gasteiger partial charge is 0.323 e. The first-order valence-electron chi connectivity index (χ1n) is 9.71. The molecule has 0 aliphatic rings. The fourth-order valence-electron chi connectivity index (χ4n) is 3.19. The summed E-state index contributed by atoms with van der Waals surface area (Å²) in [5.41, 5.74) is 2.32. The van der Waals surface area contributed by atoms with Crippen LogP contribution in [-0.2, 0) is 11.3 Å². The molecule has 3 rings (SSSR count). The van der Waals surface area contributed by atoms with Gasteiger partial charge >= 0.3 is 5.97 Å². The summed E-state index contributed by atoms with van der Waals surface area (Å²) in [5, 5.41) is 9.36. The minimum Gasteiger partial charge on any atom is -0.490 e. The van der Waals surface area contributed by atoms with Crippen LogP contribution in [0.15, 0.2) is 42.5 Å². The third-order valence-corrected chi connectivity index (χ3v) is 4.46. The number of aliphatic carboxylic acids is 1. The van der Waals surface area contributed by atoms with Gasteiger partial charge in [-0.2, -0.15) is 0 Å². The van der Waals surface area contributed by atoms with E-state index < -0.39 is 5.97 Å². The molecule has 154 valence electrons. The van der Waals surface area contributed by atoms with Crippen LogP contribution in [0.4, 0.5) is 0 Å². The molecule has 0 radical (unpaired) electrons. The quantitative estimate of drug-likeness (QED) is 0.528. The number of carboxylic acids is 1. The van der Waals surface area contributed by atoms with Crippen molar-refractivity contribution >= 4 is 17.0 Å². The number of rotatable bonds is 10. The van der Waals surface area contributed by atoms with E-state index in [-0.39, 0.29) is 6.54 Å². The molecule has 0 atom stereocenters. The molecule has 2 aromatic carbocycles. The van der Waals surface area contributed by atoms with E-state index in [9.17, 15) is 9.90 Å². The zero-order valence-electron chi connectivity index (χ0n) is 17.1. The first kappa shape index (κ1) is 20.7. The average Bonchev–Trinajstić information content (AvgIpc) is 3.04. The molecule has 1 aromatic heterocycles. The molecule has 1 heterocycles. The number of aromatic nitrogens is 2. The Bertz CT molecular complexity index is 981. The number of fused-ring (bicyclic) bond motifs is 1. The summed E-state index contributed by atoms with van der Waals surface area (Å²) in [6.45, 7) is 3.80. The lowest BCUT2D eigenvalue weighted by Gasteiger charge is -2.15. The topological polar surface area (TPSA) is 76.8 Å². The minimum atomic E-state index is -0.916. The lowest BCUT2D eigenvalue weighted by atomic mass is 10.2. The number of benzene rings is 2. The van der Waals surface area contributed by atoms with Gasteiger partial charge in [0, 0.05) is 12.1 Å². The molecule has 0 saturated heterocycles. The van der Waals surface area contributed by atoms with Crippen molar-refractivity contribution in [2.45, 2.75) is 19.9 Å². The summed E-state index contributed by atoms with van der Waals surface area (Å²) in [6, 6.07) is 13.1. The lowest BCUT2D eigenvalue weighted by molar-refractivity contribution is -0.137. The van der Waals surface area contributed by atoms with Crippen LogP contribution in [0.5, 0.6) is 11.5 Å². The molecule has 0 amide bonds. The first-order chi connectivity index (χ1) is 14.0. The second-order valence-electron chi connectivity index (χ2n) is 7.00. The Morgan fingerprint density at radius 2 is 1.93 bits per heavy atom. The van der Waals surface area contributed by atoms with E-state index in [1.165, 1.54) is 0 Å². The third-order valence-electron chi connectivity index (χ3n) is 4.46. The molecule has 3 aromatic rings. The third kappa shape index (κ3) is 5.06. The fraction of sp³-hybridized carbons (Fsp3) is 0.364. The van der Waals surface area contributed by atoms with Crippen LogP contribution < -0.4 is 9.47 Å². The summed E-state index contributed by atoms with van der Waals surface area (Å²) in [6.07, 6.45) is 0.911. The van der Waals surface area contributed by atoms with Crippen molar-refractivity contribution in [2.75, 3.05) is 33.9 Å². The number of nitrogens with zero attached hydrogens (tertiary/aromatic N) is 3. The van der Waals surface area contributed by atoms with Crippen LogP contribution in [0.25, 0.3) is 22.4 Å². The van der Waals surface area contributed by atoms with Gasteiger partial charge in [-0.15, -0.1) is 0 Å². The van der Waals surface area contributed by atoms with Crippen LogP contribution in [0, 0.1) is 0 Å². The number of carbonyl (C=O) groups is 1. The Balaban J connectivity index is 1.94. The molecule has 1 N–H and O–H groups in total. The van der Waals surface area contributed by atoms with E-state index in [1.807, 2.05) is 63.5 Å². The van der Waals surface area contributed by atoms with Crippen molar-refractivity contribution in [1.29, 1.82) is 0 Å². The van der Waals surface area contributed by atoms with Crippen LogP contribution in [-0.4, -0.2) is 59.4 Å². The molecule has 0 spiro atoms. The number of ether oxygens (including phenoxy) is 2. The highest BCUT2D eigenvalue weighted by atomic mass is 16.5. The lowest BCUT2D eigenvalue weighted by Crippen LogP contribution is -2.15. The van der Waals surface area contributed by atoms with Gasteiger partial charge in [-0.25, -0.2) is 4.98 Å². The van der Waals surface area contributed by atoms with Crippen molar-refractivity contribution < 1.29 is 19.4 Å². The second-order valence-corrected chi connectivity index (χ2v) is 7.00. The van der Waals surface area contributed by atoms with Crippen molar-refractivity contribution in [2.24, 2.45) is 0 Å². The maximum absolute atomic E-state index is 11.4. The predicted molar refractivity (Wildman–Crippen MR) is 113 cm³/mol. The van der Waals surface area contributed by atoms with Crippen molar-refractivity contribution in [3.63, 3.8) is 0 Å². The number of para-hydroxylation sites is 2. The molecule has 0 aliphatic heterocycles. The molecule has 0 bridgehead atoms. The molecule has 0 aliphatic carbocycles. The van der Waals surface area contributed by atoms with E-state index in [1.54, 1.807) is 4.57 Å². The first-order valence-corrected chi connectivity index (χ1v) is 9.71. The van der Waals surface area contributed by atoms with E-state index in [0.717, 1.165) is 29.6 Å². The SMILES string of the molecule is CCOc1cc(-c2nc3ccccc3n2CC(=O)O)ccc1OCCCN(C)C. The monoisotopic (exact) mass is 397 g/mol. The van der Waals surface area contributed by atoms with Crippen LogP contribution in [0.3, 0.4) is 0 Å². The van der Waals surface area contributed by atoms with Crippen molar-refractivity contribution in [3.8, 4) is 22.9 Å². The number of hydrogen-bond donors (Lipinski definition) is 1. The van der Waals surface area contributed by atoms with Gasteiger partial charge < -0.3 is 24.0 Å². The average molecular weight is 397 g/mol. The largest absolute Gasteiger partial charge is 0.490 e. The Hall–Kier alpha value is -3.06. The Kier molecular flexibility index (Phi) is 6.72. The highest BCUT2D eigenvalue weighted by Gasteiger charge is 2.17. The number of imidazole rings is 1. The highest BCUT2D eigenvalue weighted by molar-refractivity contribution is 5.83. The summed E-state index contributed by atoms with van der Waals surface area (Å²) in [7, 11) is 4.06. The van der Waals surface area contributed by atoms with Crippen molar-refractivity contribution in [3.05, 3.63) is 42.5 Å². The van der Waals surface area contributed by atoms with E-state index in [4.69, 9.17) is 9.47 Å². The molecule has 7 heteroatoms. The van der Waals surface area contributed by atoms with Gasteiger partial charge in [0.15, 0.2) is 11.5 Å². The Labute approximate surface area is 170 Å². The maximum atomic E-state index is 11.4. The van der Waals surface area contributed by atoms with Gasteiger partial charge in [0.1, 0.15) is 12.4 Å². The fourth-order valence-corrected chi connectivity index (χ4v) is 3.19. The Morgan fingerprint density at radius 3 is 2.66 bits per heavy atom. The molecule has 7 nitrogen and oxygen atoms in total. The van der Waals surface area contributed by atoms with E-state index in [2.05, 4.69) is 9.88 Å². The Morgan fingerprint density at radius 1 is 1.14 bits per heavy atom. The van der Waals surface area contributed by atoms with Crippen LogP contribution >= 0.6 is 0 Å². The van der Waals surface area contributed by atoms with Crippen LogP contribution in [0.1, 0.15) is 13.3 Å². The zero-order chi connectivity index (χ0) is 20.8. The molecule has 29 heavy (non-hydrogen) atoms.